The average molecular weight is 254 g/mol. The third-order valence-corrected chi connectivity index (χ3v) is 4.71. The Balaban J connectivity index is 2.65. The van der Waals surface area contributed by atoms with E-state index in [0.717, 1.165) is 23.8 Å². The first-order chi connectivity index (χ1) is 8.49. The lowest BCUT2D eigenvalue weighted by Gasteiger charge is -2.45. The minimum absolute atomic E-state index is 0.675. The number of rotatable bonds is 6. The summed E-state index contributed by atoms with van der Waals surface area (Å²) in [6.45, 7) is 17.8. The topological polar surface area (TPSA) is 15.3 Å². The Morgan fingerprint density at radius 1 is 1.06 bits per heavy atom. The number of hydrogen-bond acceptors (Lipinski definition) is 2. The molecule has 0 aromatic rings. The standard InChI is InChI=1S/C16H34N2/c1-7-14(8-2)10-18-11-15(12(3)4)17-9-16(18)13(5)6/h12-17H,7-11H2,1-6H3. The van der Waals surface area contributed by atoms with Crippen molar-refractivity contribution in [2.75, 3.05) is 19.6 Å². The maximum absolute atomic E-state index is 3.75. The Morgan fingerprint density at radius 2 is 1.67 bits per heavy atom. The van der Waals surface area contributed by atoms with Crippen LogP contribution >= 0.6 is 0 Å². The molecule has 1 heterocycles. The van der Waals surface area contributed by atoms with Crippen LogP contribution in [-0.2, 0) is 0 Å². The summed E-state index contributed by atoms with van der Waals surface area (Å²) in [5.41, 5.74) is 0. The van der Waals surface area contributed by atoms with Gasteiger partial charge in [0, 0.05) is 31.7 Å². The summed E-state index contributed by atoms with van der Waals surface area (Å²) in [6.07, 6.45) is 2.63. The molecular weight excluding hydrogens is 220 g/mol. The second-order valence-electron chi connectivity index (χ2n) is 6.71. The summed E-state index contributed by atoms with van der Waals surface area (Å²) >= 11 is 0. The van der Waals surface area contributed by atoms with E-state index < -0.39 is 0 Å². The van der Waals surface area contributed by atoms with Crippen LogP contribution in [0, 0.1) is 17.8 Å². The normalized spacial score (nSPS) is 26.5. The van der Waals surface area contributed by atoms with E-state index in [1.165, 1.54) is 32.5 Å². The lowest BCUT2D eigenvalue weighted by molar-refractivity contribution is 0.0684. The van der Waals surface area contributed by atoms with Gasteiger partial charge < -0.3 is 5.32 Å². The Bertz CT molecular complexity index is 219. The highest BCUT2D eigenvalue weighted by Crippen LogP contribution is 2.21. The molecule has 1 aliphatic rings. The molecule has 0 spiro atoms. The van der Waals surface area contributed by atoms with E-state index in [1.807, 2.05) is 0 Å². The highest BCUT2D eigenvalue weighted by Gasteiger charge is 2.31. The van der Waals surface area contributed by atoms with Crippen molar-refractivity contribution in [3.8, 4) is 0 Å². The molecule has 1 rings (SSSR count). The summed E-state index contributed by atoms with van der Waals surface area (Å²) in [5.74, 6) is 2.36. The lowest BCUT2D eigenvalue weighted by atomic mass is 9.92. The van der Waals surface area contributed by atoms with Crippen molar-refractivity contribution in [1.82, 2.24) is 10.2 Å². The zero-order chi connectivity index (χ0) is 13.7. The van der Waals surface area contributed by atoms with Gasteiger partial charge in [0.1, 0.15) is 0 Å². The van der Waals surface area contributed by atoms with E-state index >= 15 is 0 Å². The predicted octanol–water partition coefficient (Wildman–Crippen LogP) is 3.38. The van der Waals surface area contributed by atoms with E-state index in [9.17, 15) is 0 Å². The fraction of sp³-hybridized carbons (Fsp3) is 1.00. The summed E-state index contributed by atoms with van der Waals surface area (Å²) in [6, 6.07) is 1.40. The molecule has 1 saturated heterocycles. The van der Waals surface area contributed by atoms with E-state index in [2.05, 4.69) is 51.8 Å². The van der Waals surface area contributed by atoms with Crippen molar-refractivity contribution >= 4 is 0 Å². The van der Waals surface area contributed by atoms with Crippen LogP contribution in [0.1, 0.15) is 54.4 Å². The fourth-order valence-corrected chi connectivity index (χ4v) is 3.05. The third-order valence-electron chi connectivity index (χ3n) is 4.71. The maximum atomic E-state index is 3.75. The van der Waals surface area contributed by atoms with Gasteiger partial charge in [-0.25, -0.2) is 0 Å². The molecule has 18 heavy (non-hydrogen) atoms. The first-order valence-corrected chi connectivity index (χ1v) is 7.96. The van der Waals surface area contributed by atoms with Gasteiger partial charge in [0.2, 0.25) is 0 Å². The zero-order valence-electron chi connectivity index (χ0n) is 13.4. The number of nitrogens with zero attached hydrogens (tertiary/aromatic N) is 1. The van der Waals surface area contributed by atoms with Crippen LogP contribution in [0.5, 0.6) is 0 Å². The minimum Gasteiger partial charge on any atom is -0.311 e. The van der Waals surface area contributed by atoms with Gasteiger partial charge in [-0.05, 0) is 17.8 Å². The molecule has 0 saturated carbocycles. The quantitative estimate of drug-likeness (QED) is 0.782. The van der Waals surface area contributed by atoms with Gasteiger partial charge in [0.15, 0.2) is 0 Å². The predicted molar refractivity (Wildman–Crippen MR) is 80.9 cm³/mol. The van der Waals surface area contributed by atoms with Crippen molar-refractivity contribution in [3.05, 3.63) is 0 Å². The van der Waals surface area contributed by atoms with Gasteiger partial charge in [-0.1, -0.05) is 54.4 Å². The summed E-state index contributed by atoms with van der Waals surface area (Å²) in [4.78, 5) is 2.77. The van der Waals surface area contributed by atoms with Gasteiger partial charge in [0.05, 0.1) is 0 Å². The highest BCUT2D eigenvalue weighted by molar-refractivity contribution is 4.89. The van der Waals surface area contributed by atoms with Crippen molar-refractivity contribution < 1.29 is 0 Å². The summed E-state index contributed by atoms with van der Waals surface area (Å²) in [7, 11) is 0. The average Bonchev–Trinajstić information content (AvgIpc) is 2.35. The lowest BCUT2D eigenvalue weighted by Crippen LogP contribution is -2.60. The Kier molecular flexibility index (Phi) is 6.65. The van der Waals surface area contributed by atoms with E-state index in [0.29, 0.717) is 6.04 Å². The second-order valence-corrected chi connectivity index (χ2v) is 6.71. The molecule has 2 atom stereocenters. The van der Waals surface area contributed by atoms with Crippen LogP contribution in [0.25, 0.3) is 0 Å². The molecule has 0 aromatic carbocycles. The molecule has 2 heteroatoms. The van der Waals surface area contributed by atoms with Gasteiger partial charge in [-0.2, -0.15) is 0 Å². The van der Waals surface area contributed by atoms with Crippen LogP contribution in [0.3, 0.4) is 0 Å². The molecule has 0 aromatic heterocycles. The maximum Gasteiger partial charge on any atom is 0.0244 e. The van der Waals surface area contributed by atoms with Crippen LogP contribution in [0.15, 0.2) is 0 Å². The van der Waals surface area contributed by atoms with Crippen LogP contribution in [0.2, 0.25) is 0 Å². The summed E-state index contributed by atoms with van der Waals surface area (Å²) in [5, 5.41) is 3.75. The van der Waals surface area contributed by atoms with Crippen LogP contribution < -0.4 is 5.32 Å². The van der Waals surface area contributed by atoms with Crippen molar-refractivity contribution in [2.45, 2.75) is 66.5 Å². The monoisotopic (exact) mass is 254 g/mol. The van der Waals surface area contributed by atoms with Crippen LogP contribution in [0.4, 0.5) is 0 Å². The van der Waals surface area contributed by atoms with Crippen molar-refractivity contribution in [2.24, 2.45) is 17.8 Å². The molecule has 0 radical (unpaired) electrons. The van der Waals surface area contributed by atoms with Crippen LogP contribution in [-0.4, -0.2) is 36.6 Å². The molecule has 1 fully saturated rings. The molecule has 0 amide bonds. The van der Waals surface area contributed by atoms with Crippen molar-refractivity contribution in [3.63, 3.8) is 0 Å². The third kappa shape index (κ3) is 4.24. The molecule has 108 valence electrons. The van der Waals surface area contributed by atoms with E-state index in [4.69, 9.17) is 0 Å². The molecule has 2 unspecified atom stereocenters. The Labute approximate surface area is 115 Å². The number of piperazine rings is 1. The SMILES string of the molecule is CCC(CC)CN1CC(C(C)C)NCC1C(C)C. The largest absolute Gasteiger partial charge is 0.311 e. The molecule has 0 aliphatic carbocycles. The van der Waals surface area contributed by atoms with Crippen molar-refractivity contribution in [1.29, 1.82) is 0 Å². The Hall–Kier alpha value is -0.0800. The highest BCUT2D eigenvalue weighted by atomic mass is 15.2. The fourth-order valence-electron chi connectivity index (χ4n) is 3.05. The second kappa shape index (κ2) is 7.49. The molecular formula is C16H34N2. The number of nitrogens with one attached hydrogen (secondary N) is 1. The van der Waals surface area contributed by atoms with Gasteiger partial charge >= 0.3 is 0 Å². The first kappa shape index (κ1) is 16.0. The summed E-state index contributed by atoms with van der Waals surface area (Å²) < 4.78 is 0. The van der Waals surface area contributed by atoms with E-state index in [-0.39, 0.29) is 0 Å². The first-order valence-electron chi connectivity index (χ1n) is 7.96. The smallest absolute Gasteiger partial charge is 0.0244 e. The van der Waals surface area contributed by atoms with Gasteiger partial charge in [-0.3, -0.25) is 4.90 Å². The van der Waals surface area contributed by atoms with Gasteiger partial charge in [-0.15, -0.1) is 0 Å². The Morgan fingerprint density at radius 3 is 2.11 bits per heavy atom. The van der Waals surface area contributed by atoms with Gasteiger partial charge in [0.25, 0.3) is 0 Å². The zero-order valence-corrected chi connectivity index (χ0v) is 13.4. The molecule has 1 aliphatic heterocycles. The number of hydrogen-bond donors (Lipinski definition) is 1. The molecule has 2 nitrogen and oxygen atoms in total. The van der Waals surface area contributed by atoms with E-state index in [1.54, 1.807) is 0 Å². The minimum atomic E-state index is 0.675. The molecule has 1 N–H and O–H groups in total. The molecule has 0 bridgehead atoms.